The molecule has 0 aliphatic carbocycles. The van der Waals surface area contributed by atoms with Crippen LogP contribution in [-0.4, -0.2) is 17.0 Å². The number of hydrogen-bond acceptors (Lipinski definition) is 3. The molecule has 2 aromatic rings. The number of carboxylic acids is 1. The quantitative estimate of drug-likeness (QED) is 0.907. The van der Waals surface area contributed by atoms with Gasteiger partial charge in [0.15, 0.2) is 0 Å². The highest BCUT2D eigenvalue weighted by Crippen LogP contribution is 2.20. The third-order valence-electron chi connectivity index (χ3n) is 2.41. The molecule has 0 saturated carbocycles. The van der Waals surface area contributed by atoms with E-state index in [-0.39, 0.29) is 15.4 Å². The lowest BCUT2D eigenvalue weighted by Crippen LogP contribution is -2.11. The second-order valence-electron chi connectivity index (χ2n) is 3.91. The molecule has 1 heterocycles. The van der Waals surface area contributed by atoms with Crippen molar-refractivity contribution in [2.45, 2.75) is 6.92 Å². The number of amides is 1. The summed E-state index contributed by atoms with van der Waals surface area (Å²) in [6, 6.07) is 7.12. The van der Waals surface area contributed by atoms with Gasteiger partial charge in [0.2, 0.25) is 0 Å². The molecule has 0 fully saturated rings. The second kappa shape index (κ2) is 5.19. The molecule has 0 atom stereocenters. The number of carbonyl (C=O) groups excluding carboxylic acids is 1. The van der Waals surface area contributed by atoms with Gasteiger partial charge in [0.1, 0.15) is 10.7 Å². The summed E-state index contributed by atoms with van der Waals surface area (Å²) >= 11 is 0.844. The van der Waals surface area contributed by atoms with Crippen molar-refractivity contribution in [2.75, 3.05) is 5.32 Å². The van der Waals surface area contributed by atoms with E-state index in [0.717, 1.165) is 16.9 Å². The molecular weight excluding hydrogens is 269 g/mol. The Morgan fingerprint density at radius 2 is 1.89 bits per heavy atom. The molecule has 0 bridgehead atoms. The summed E-state index contributed by atoms with van der Waals surface area (Å²) in [6.45, 7) is 1.78. The van der Waals surface area contributed by atoms with Crippen LogP contribution in [-0.2, 0) is 0 Å². The summed E-state index contributed by atoms with van der Waals surface area (Å²) in [5.74, 6) is -2.15. The summed E-state index contributed by atoms with van der Waals surface area (Å²) in [6.07, 6.45) is 0. The average Bonchev–Trinajstić information content (AvgIpc) is 2.83. The Morgan fingerprint density at radius 1 is 1.21 bits per heavy atom. The minimum atomic E-state index is -1.09. The molecule has 1 amide bonds. The fourth-order valence-electron chi connectivity index (χ4n) is 1.49. The van der Waals surface area contributed by atoms with Crippen LogP contribution in [0.1, 0.15) is 24.9 Å². The summed E-state index contributed by atoms with van der Waals surface area (Å²) < 4.78 is 13.5. The van der Waals surface area contributed by atoms with E-state index < -0.39 is 17.7 Å². The van der Waals surface area contributed by atoms with Gasteiger partial charge in [-0.15, -0.1) is 11.3 Å². The number of halogens is 1. The van der Waals surface area contributed by atoms with Crippen LogP contribution >= 0.6 is 11.3 Å². The van der Waals surface area contributed by atoms with Crippen molar-refractivity contribution in [3.63, 3.8) is 0 Å². The molecule has 0 spiro atoms. The SMILES string of the molecule is Cc1ccc(F)c(NC(=O)c2ccc(C(=O)O)s2)c1. The number of aryl methyl sites for hydroxylation is 1. The van der Waals surface area contributed by atoms with Crippen molar-refractivity contribution < 1.29 is 19.1 Å². The monoisotopic (exact) mass is 279 g/mol. The van der Waals surface area contributed by atoms with E-state index in [1.54, 1.807) is 13.0 Å². The van der Waals surface area contributed by atoms with Crippen molar-refractivity contribution in [1.29, 1.82) is 0 Å². The van der Waals surface area contributed by atoms with Crippen LogP contribution in [0.15, 0.2) is 30.3 Å². The molecule has 19 heavy (non-hydrogen) atoms. The maximum Gasteiger partial charge on any atom is 0.345 e. The third-order valence-corrected chi connectivity index (χ3v) is 3.48. The Bertz CT molecular complexity index is 651. The molecule has 2 rings (SSSR count). The fraction of sp³-hybridized carbons (Fsp3) is 0.0769. The van der Waals surface area contributed by atoms with Crippen molar-refractivity contribution in [3.05, 3.63) is 51.5 Å². The van der Waals surface area contributed by atoms with E-state index in [9.17, 15) is 14.0 Å². The van der Waals surface area contributed by atoms with Gasteiger partial charge in [-0.05, 0) is 36.8 Å². The van der Waals surface area contributed by atoms with Crippen molar-refractivity contribution in [2.24, 2.45) is 0 Å². The normalized spacial score (nSPS) is 10.2. The highest BCUT2D eigenvalue weighted by molar-refractivity contribution is 7.15. The minimum Gasteiger partial charge on any atom is -0.477 e. The lowest BCUT2D eigenvalue weighted by atomic mass is 10.2. The van der Waals surface area contributed by atoms with Crippen LogP contribution in [0.25, 0.3) is 0 Å². The number of rotatable bonds is 3. The van der Waals surface area contributed by atoms with Crippen LogP contribution in [0.5, 0.6) is 0 Å². The maximum atomic E-state index is 13.5. The molecule has 0 aliphatic rings. The summed E-state index contributed by atoms with van der Waals surface area (Å²) in [7, 11) is 0. The van der Waals surface area contributed by atoms with Gasteiger partial charge in [0.05, 0.1) is 10.6 Å². The highest BCUT2D eigenvalue weighted by Gasteiger charge is 2.14. The molecule has 1 aromatic carbocycles. The zero-order valence-corrected chi connectivity index (χ0v) is 10.8. The van der Waals surface area contributed by atoms with Gasteiger partial charge in [0, 0.05) is 0 Å². The number of thiophene rings is 1. The minimum absolute atomic E-state index is 0.0647. The third kappa shape index (κ3) is 2.97. The zero-order chi connectivity index (χ0) is 14.0. The first kappa shape index (κ1) is 13.2. The largest absolute Gasteiger partial charge is 0.477 e. The van der Waals surface area contributed by atoms with Crippen LogP contribution in [0, 0.1) is 12.7 Å². The van der Waals surface area contributed by atoms with Crippen molar-refractivity contribution >= 4 is 28.9 Å². The summed E-state index contributed by atoms with van der Waals surface area (Å²) in [4.78, 5) is 22.9. The average molecular weight is 279 g/mol. The van der Waals surface area contributed by atoms with E-state index in [4.69, 9.17) is 5.11 Å². The first-order chi connectivity index (χ1) is 8.97. The number of aromatic carboxylic acids is 1. The Balaban J connectivity index is 2.20. The van der Waals surface area contributed by atoms with Crippen LogP contribution in [0.3, 0.4) is 0 Å². The number of benzene rings is 1. The first-order valence-electron chi connectivity index (χ1n) is 5.38. The molecule has 4 nitrogen and oxygen atoms in total. The van der Waals surface area contributed by atoms with E-state index in [1.165, 1.54) is 24.3 Å². The number of carboxylic acid groups (broad SMARTS) is 1. The standard InChI is InChI=1S/C13H10FNO3S/c1-7-2-3-8(14)9(6-7)15-12(16)10-4-5-11(19-10)13(17)18/h2-6H,1H3,(H,15,16)(H,17,18). The fourth-order valence-corrected chi connectivity index (χ4v) is 2.23. The Kier molecular flexibility index (Phi) is 3.62. The highest BCUT2D eigenvalue weighted by atomic mass is 32.1. The predicted octanol–water partition coefficient (Wildman–Crippen LogP) is 3.15. The summed E-state index contributed by atoms with van der Waals surface area (Å²) in [5.41, 5.74) is 0.893. The van der Waals surface area contributed by atoms with E-state index in [0.29, 0.717) is 0 Å². The van der Waals surface area contributed by atoms with Crippen molar-refractivity contribution in [1.82, 2.24) is 0 Å². The van der Waals surface area contributed by atoms with Gasteiger partial charge in [-0.1, -0.05) is 6.07 Å². The first-order valence-corrected chi connectivity index (χ1v) is 6.19. The Morgan fingerprint density at radius 3 is 2.53 bits per heavy atom. The number of anilines is 1. The van der Waals surface area contributed by atoms with E-state index in [1.807, 2.05) is 0 Å². The van der Waals surface area contributed by atoms with Gasteiger partial charge in [-0.2, -0.15) is 0 Å². The van der Waals surface area contributed by atoms with E-state index in [2.05, 4.69) is 5.32 Å². The number of nitrogens with one attached hydrogen (secondary N) is 1. The predicted molar refractivity (Wildman–Crippen MR) is 70.4 cm³/mol. The molecule has 6 heteroatoms. The molecule has 1 aromatic heterocycles. The van der Waals surface area contributed by atoms with Gasteiger partial charge in [-0.25, -0.2) is 9.18 Å². The molecule has 2 N–H and O–H groups in total. The zero-order valence-electron chi connectivity index (χ0n) is 9.94. The summed E-state index contributed by atoms with van der Waals surface area (Å²) in [5, 5.41) is 11.2. The lowest BCUT2D eigenvalue weighted by Gasteiger charge is -2.05. The van der Waals surface area contributed by atoms with Crippen LogP contribution < -0.4 is 5.32 Å². The Hall–Kier alpha value is -2.21. The molecule has 0 unspecified atom stereocenters. The number of carbonyl (C=O) groups is 2. The molecule has 98 valence electrons. The van der Waals surface area contributed by atoms with Gasteiger partial charge in [0.25, 0.3) is 5.91 Å². The smallest absolute Gasteiger partial charge is 0.345 e. The molecule has 0 radical (unpaired) electrons. The van der Waals surface area contributed by atoms with E-state index >= 15 is 0 Å². The molecule has 0 saturated heterocycles. The van der Waals surface area contributed by atoms with Gasteiger partial charge in [-0.3, -0.25) is 4.79 Å². The second-order valence-corrected chi connectivity index (χ2v) is 4.99. The van der Waals surface area contributed by atoms with Gasteiger partial charge < -0.3 is 10.4 Å². The number of hydrogen-bond donors (Lipinski definition) is 2. The Labute approximate surface area is 112 Å². The van der Waals surface area contributed by atoms with Crippen LogP contribution in [0.4, 0.5) is 10.1 Å². The topological polar surface area (TPSA) is 66.4 Å². The van der Waals surface area contributed by atoms with Gasteiger partial charge >= 0.3 is 5.97 Å². The lowest BCUT2D eigenvalue weighted by molar-refractivity contribution is 0.0702. The molecule has 0 aliphatic heterocycles. The maximum absolute atomic E-state index is 13.5. The molecular formula is C13H10FNO3S. The van der Waals surface area contributed by atoms with Crippen LogP contribution in [0.2, 0.25) is 0 Å². The van der Waals surface area contributed by atoms with Crippen molar-refractivity contribution in [3.8, 4) is 0 Å².